The lowest BCUT2D eigenvalue weighted by atomic mass is 9.44. The molecule has 10 heteroatoms. The highest BCUT2D eigenvalue weighted by molar-refractivity contribution is 5.38. The summed E-state index contributed by atoms with van der Waals surface area (Å²) in [4.78, 5) is 11.9. The van der Waals surface area contributed by atoms with E-state index < -0.39 is 54.6 Å². The summed E-state index contributed by atoms with van der Waals surface area (Å²) in [5.74, 6) is 1.02. The maximum absolute atomic E-state index is 11.9. The highest BCUT2D eigenvalue weighted by Crippen LogP contribution is 2.78. The van der Waals surface area contributed by atoms with Crippen LogP contribution >= 0.6 is 0 Å². The molecule has 0 bridgehead atoms. The summed E-state index contributed by atoms with van der Waals surface area (Å²) in [6.07, 6.45) is 0.189. The maximum Gasteiger partial charge on any atom is 0.335 e. The Morgan fingerprint density at radius 2 is 1.77 bits per heavy atom. The molecule has 2 saturated heterocycles. The predicted molar refractivity (Wildman–Crippen MR) is 139 cm³/mol. The normalized spacial score (nSPS) is 55.1. The van der Waals surface area contributed by atoms with E-state index in [2.05, 4.69) is 13.8 Å². The van der Waals surface area contributed by atoms with Gasteiger partial charge in [-0.1, -0.05) is 13.8 Å². The summed E-state index contributed by atoms with van der Waals surface area (Å²) in [5.41, 5.74) is -0.302. The van der Waals surface area contributed by atoms with Gasteiger partial charge in [-0.2, -0.15) is 0 Å². The van der Waals surface area contributed by atoms with E-state index in [0.717, 1.165) is 50.5 Å². The highest BCUT2D eigenvalue weighted by atomic mass is 16.7. The molecule has 6 fully saturated rings. The minimum Gasteiger partial charge on any atom is -0.431 e. The zero-order chi connectivity index (χ0) is 28.2. The minimum atomic E-state index is -1.54. The molecule has 0 unspecified atom stereocenters. The fourth-order valence-electron chi connectivity index (χ4n) is 10.3. The third-order valence-electron chi connectivity index (χ3n) is 12.3. The summed E-state index contributed by atoms with van der Waals surface area (Å²) in [6, 6.07) is 3.18. The van der Waals surface area contributed by atoms with Crippen molar-refractivity contribution < 1.29 is 44.2 Å². The number of ether oxygens (including phenoxy) is 3. The Hall–Kier alpha value is -1.37. The van der Waals surface area contributed by atoms with E-state index in [9.17, 15) is 30.3 Å². The summed E-state index contributed by atoms with van der Waals surface area (Å²) >= 11 is 0. The van der Waals surface area contributed by atoms with Crippen LogP contribution in [0.1, 0.15) is 70.3 Å². The molecule has 0 radical (unpaired) electrons. The first-order valence-corrected chi connectivity index (χ1v) is 15.0. The van der Waals surface area contributed by atoms with Crippen molar-refractivity contribution in [3.05, 3.63) is 34.4 Å². The quantitative estimate of drug-likeness (QED) is 0.335. The van der Waals surface area contributed by atoms with E-state index in [-0.39, 0.29) is 29.0 Å². The molecule has 40 heavy (non-hydrogen) atoms. The van der Waals surface area contributed by atoms with Crippen molar-refractivity contribution in [2.24, 2.45) is 28.6 Å². The standard InChI is InChI=1S/C30H42O10/c1-28-9-7-16(32)11-15(28)4-5-18-17(28)8-10-29(2)21(14-3-6-20(33)37-13-14)25(26-30(18,29)40-26)39-27-24(36)23(35)22(34)19(12-31)38-27/h3,6,13,15-19,21-27,31-32,34-36H,4-5,7-12H2,1-2H3/t15-,16+,17+,18-,19-,21+,22-,23+,24-,25-,26-,27+,28+,29-,30-/m1/s1. The van der Waals surface area contributed by atoms with Gasteiger partial charge < -0.3 is 44.2 Å². The number of aliphatic hydroxyl groups is 5. The van der Waals surface area contributed by atoms with E-state index in [4.69, 9.17) is 18.6 Å². The molecule has 0 amide bonds. The van der Waals surface area contributed by atoms with E-state index in [0.29, 0.717) is 17.8 Å². The van der Waals surface area contributed by atoms with Crippen LogP contribution in [0.2, 0.25) is 0 Å². The van der Waals surface area contributed by atoms with Gasteiger partial charge in [0, 0.05) is 17.4 Å². The number of hydrogen-bond acceptors (Lipinski definition) is 10. The van der Waals surface area contributed by atoms with Gasteiger partial charge in [-0.25, -0.2) is 4.79 Å². The molecule has 15 atom stereocenters. The second kappa shape index (κ2) is 9.31. The van der Waals surface area contributed by atoms with Crippen molar-refractivity contribution in [2.45, 2.75) is 119 Å². The van der Waals surface area contributed by atoms with Crippen molar-refractivity contribution in [3.63, 3.8) is 0 Å². The van der Waals surface area contributed by atoms with Gasteiger partial charge >= 0.3 is 5.63 Å². The molecule has 7 rings (SSSR count). The van der Waals surface area contributed by atoms with Gasteiger partial charge in [0.15, 0.2) is 6.29 Å². The Bertz CT molecular complexity index is 1170. The average Bonchev–Trinajstić information content (AvgIpc) is 3.64. The molecule has 1 spiro atoms. The lowest BCUT2D eigenvalue weighted by molar-refractivity contribution is -0.315. The Kier molecular flexibility index (Phi) is 6.39. The average molecular weight is 563 g/mol. The third-order valence-corrected chi connectivity index (χ3v) is 12.3. The second-order valence-electron chi connectivity index (χ2n) is 13.9. The Labute approximate surface area is 233 Å². The van der Waals surface area contributed by atoms with Crippen LogP contribution in [0.5, 0.6) is 0 Å². The number of rotatable bonds is 4. The molecule has 6 aliphatic rings. The number of aliphatic hydroxyl groups excluding tert-OH is 5. The third kappa shape index (κ3) is 3.60. The van der Waals surface area contributed by atoms with E-state index in [1.165, 1.54) is 12.3 Å². The summed E-state index contributed by atoms with van der Waals surface area (Å²) < 4.78 is 24.3. The summed E-state index contributed by atoms with van der Waals surface area (Å²) in [5, 5.41) is 51.7. The minimum absolute atomic E-state index is 0.139. The molecule has 3 heterocycles. The van der Waals surface area contributed by atoms with Crippen molar-refractivity contribution in [1.29, 1.82) is 0 Å². The van der Waals surface area contributed by atoms with Gasteiger partial charge in [0.05, 0.1) is 25.1 Å². The number of fused-ring (bicyclic) bond motifs is 3. The van der Waals surface area contributed by atoms with Crippen LogP contribution in [0.4, 0.5) is 0 Å². The monoisotopic (exact) mass is 562 g/mol. The van der Waals surface area contributed by atoms with Gasteiger partial charge in [0.25, 0.3) is 0 Å². The zero-order valence-corrected chi connectivity index (χ0v) is 23.1. The molecule has 0 aromatic carbocycles. The summed E-state index contributed by atoms with van der Waals surface area (Å²) in [7, 11) is 0. The van der Waals surface area contributed by atoms with Crippen molar-refractivity contribution in [2.75, 3.05) is 6.61 Å². The van der Waals surface area contributed by atoms with Crippen LogP contribution in [-0.4, -0.2) is 86.8 Å². The number of hydrogen-bond donors (Lipinski definition) is 5. The second-order valence-corrected chi connectivity index (χ2v) is 13.9. The Morgan fingerprint density at radius 1 is 0.975 bits per heavy atom. The smallest absolute Gasteiger partial charge is 0.335 e. The van der Waals surface area contributed by atoms with Crippen LogP contribution < -0.4 is 5.63 Å². The molecular weight excluding hydrogens is 520 g/mol. The van der Waals surface area contributed by atoms with Gasteiger partial charge in [0.2, 0.25) is 0 Å². The predicted octanol–water partition coefficient (Wildman–Crippen LogP) is 1.05. The van der Waals surface area contributed by atoms with Crippen molar-refractivity contribution in [3.8, 4) is 0 Å². The molecule has 4 aliphatic carbocycles. The van der Waals surface area contributed by atoms with Crippen molar-refractivity contribution >= 4 is 0 Å². The fourth-order valence-corrected chi connectivity index (χ4v) is 10.3. The first kappa shape index (κ1) is 27.5. The first-order chi connectivity index (χ1) is 19.0. The Morgan fingerprint density at radius 3 is 2.50 bits per heavy atom. The maximum atomic E-state index is 11.9. The largest absolute Gasteiger partial charge is 0.431 e. The number of epoxide rings is 1. The van der Waals surface area contributed by atoms with Gasteiger partial charge in [-0.3, -0.25) is 0 Å². The lowest BCUT2D eigenvalue weighted by Gasteiger charge is -2.61. The molecule has 10 nitrogen and oxygen atoms in total. The molecule has 1 aromatic heterocycles. The Balaban J connectivity index is 1.25. The highest BCUT2D eigenvalue weighted by Gasteiger charge is 2.84. The first-order valence-electron chi connectivity index (χ1n) is 15.0. The van der Waals surface area contributed by atoms with Crippen molar-refractivity contribution in [1.82, 2.24) is 0 Å². The SMILES string of the molecule is C[C@]12CC[C@H](O)C[C@H]1CC[C@@H]1[C@@H]2CC[C@]2(C)[C@@H](c3ccc(=O)oc3)[C@@H](O[C@@H]3O[C@H](CO)[C@@H](O)[C@H](O)[C@H]3O)[C@H]3O[C@]132. The molecule has 2 aliphatic heterocycles. The van der Waals surface area contributed by atoms with Crippen LogP contribution in [0, 0.1) is 28.6 Å². The topological polar surface area (TPSA) is 162 Å². The van der Waals surface area contributed by atoms with E-state index in [1.807, 2.05) is 0 Å². The summed E-state index contributed by atoms with van der Waals surface area (Å²) in [6.45, 7) is 4.12. The fraction of sp³-hybridized carbons (Fsp3) is 0.833. The van der Waals surface area contributed by atoms with Crippen LogP contribution in [0.25, 0.3) is 0 Å². The molecule has 5 N–H and O–H groups in total. The zero-order valence-electron chi connectivity index (χ0n) is 23.1. The van der Waals surface area contributed by atoms with Crippen LogP contribution in [-0.2, 0) is 14.2 Å². The van der Waals surface area contributed by atoms with Gasteiger partial charge in [-0.05, 0) is 79.7 Å². The molecular formula is C30H42O10. The molecule has 4 saturated carbocycles. The molecule has 222 valence electrons. The lowest BCUT2D eigenvalue weighted by Crippen LogP contribution is -2.60. The van der Waals surface area contributed by atoms with Crippen LogP contribution in [0.15, 0.2) is 27.6 Å². The van der Waals surface area contributed by atoms with E-state index >= 15 is 0 Å². The van der Waals surface area contributed by atoms with E-state index in [1.54, 1.807) is 6.07 Å². The van der Waals surface area contributed by atoms with Crippen LogP contribution in [0.3, 0.4) is 0 Å². The van der Waals surface area contributed by atoms with Gasteiger partial charge in [-0.15, -0.1) is 0 Å². The molecule has 1 aromatic rings. The van der Waals surface area contributed by atoms with Gasteiger partial charge in [0.1, 0.15) is 36.1 Å².